The number of nitrogens with zero attached hydrogens (tertiary/aromatic N) is 4. The minimum absolute atomic E-state index is 0.306. The zero-order valence-electron chi connectivity index (χ0n) is 10.5. The zero-order chi connectivity index (χ0) is 13.1. The Morgan fingerprint density at radius 2 is 2.16 bits per heavy atom. The van der Waals surface area contributed by atoms with Crippen molar-refractivity contribution >= 4 is 17.4 Å². The van der Waals surface area contributed by atoms with Crippen LogP contribution in [0, 0.1) is 0 Å². The Morgan fingerprint density at radius 3 is 2.95 bits per heavy atom. The standard InChI is InChI=1S/C14H15ClN4/c15-14-17-8-6-13(18-14)19-9-3-5-12(19)10-11-4-1-2-7-16-11/h1-2,4,6-8,12H,3,5,9-10H2. The molecule has 3 heterocycles. The lowest BCUT2D eigenvalue weighted by Gasteiger charge is -2.25. The second-order valence-electron chi connectivity index (χ2n) is 4.70. The topological polar surface area (TPSA) is 41.9 Å². The molecule has 2 aromatic heterocycles. The Hall–Kier alpha value is -1.68. The Morgan fingerprint density at radius 1 is 1.21 bits per heavy atom. The number of hydrogen-bond acceptors (Lipinski definition) is 4. The molecule has 4 nitrogen and oxygen atoms in total. The monoisotopic (exact) mass is 274 g/mol. The fourth-order valence-corrected chi connectivity index (χ4v) is 2.74. The van der Waals surface area contributed by atoms with Crippen LogP contribution < -0.4 is 4.90 Å². The van der Waals surface area contributed by atoms with Crippen molar-refractivity contribution < 1.29 is 0 Å². The van der Waals surface area contributed by atoms with Crippen LogP contribution in [0.4, 0.5) is 5.82 Å². The molecule has 0 spiro atoms. The molecule has 98 valence electrons. The summed E-state index contributed by atoms with van der Waals surface area (Å²) in [7, 11) is 0. The molecule has 0 N–H and O–H groups in total. The van der Waals surface area contributed by atoms with Crippen LogP contribution in [0.25, 0.3) is 0 Å². The second-order valence-corrected chi connectivity index (χ2v) is 5.04. The highest BCUT2D eigenvalue weighted by atomic mass is 35.5. The highest BCUT2D eigenvalue weighted by Crippen LogP contribution is 2.26. The van der Waals surface area contributed by atoms with Gasteiger partial charge in [0.1, 0.15) is 5.82 Å². The Balaban J connectivity index is 1.78. The quantitative estimate of drug-likeness (QED) is 0.807. The van der Waals surface area contributed by atoms with Crippen LogP contribution in [0.5, 0.6) is 0 Å². The summed E-state index contributed by atoms with van der Waals surface area (Å²) >= 11 is 5.87. The van der Waals surface area contributed by atoms with Crippen LogP contribution in [0.15, 0.2) is 36.7 Å². The minimum atomic E-state index is 0.306. The smallest absolute Gasteiger partial charge is 0.224 e. The summed E-state index contributed by atoms with van der Waals surface area (Å²) in [5.41, 5.74) is 1.12. The van der Waals surface area contributed by atoms with E-state index in [9.17, 15) is 0 Å². The van der Waals surface area contributed by atoms with Gasteiger partial charge in [-0.15, -0.1) is 0 Å². The largest absolute Gasteiger partial charge is 0.353 e. The summed E-state index contributed by atoms with van der Waals surface area (Å²) in [4.78, 5) is 15.0. The Bertz CT molecular complexity index is 546. The van der Waals surface area contributed by atoms with E-state index in [0.29, 0.717) is 11.3 Å². The third-order valence-corrected chi connectivity index (χ3v) is 3.64. The first-order chi connectivity index (χ1) is 9.33. The fourth-order valence-electron chi connectivity index (χ4n) is 2.60. The van der Waals surface area contributed by atoms with Gasteiger partial charge in [0.2, 0.25) is 5.28 Å². The van der Waals surface area contributed by atoms with Gasteiger partial charge >= 0.3 is 0 Å². The summed E-state index contributed by atoms with van der Waals surface area (Å²) in [6.07, 6.45) is 6.84. The van der Waals surface area contributed by atoms with E-state index in [1.807, 2.05) is 24.4 Å². The van der Waals surface area contributed by atoms with E-state index in [-0.39, 0.29) is 0 Å². The van der Waals surface area contributed by atoms with Gasteiger partial charge in [0, 0.05) is 37.1 Å². The third-order valence-electron chi connectivity index (χ3n) is 3.45. The highest BCUT2D eigenvalue weighted by molar-refractivity contribution is 6.28. The summed E-state index contributed by atoms with van der Waals surface area (Å²) in [5.74, 6) is 0.915. The number of aromatic nitrogens is 3. The van der Waals surface area contributed by atoms with Gasteiger partial charge in [0.25, 0.3) is 0 Å². The number of pyridine rings is 1. The predicted octanol–water partition coefficient (Wildman–Crippen LogP) is 2.74. The van der Waals surface area contributed by atoms with Crippen molar-refractivity contribution in [3.05, 3.63) is 47.6 Å². The van der Waals surface area contributed by atoms with E-state index < -0.39 is 0 Å². The molecule has 0 aromatic carbocycles. The molecule has 0 aliphatic carbocycles. The van der Waals surface area contributed by atoms with Crippen LogP contribution in [0.3, 0.4) is 0 Å². The van der Waals surface area contributed by atoms with Crippen molar-refractivity contribution in [1.29, 1.82) is 0 Å². The van der Waals surface area contributed by atoms with Crippen LogP contribution in [0.2, 0.25) is 5.28 Å². The summed E-state index contributed by atoms with van der Waals surface area (Å²) < 4.78 is 0. The third kappa shape index (κ3) is 2.84. The van der Waals surface area contributed by atoms with Gasteiger partial charge in [-0.05, 0) is 42.6 Å². The van der Waals surface area contributed by atoms with Gasteiger partial charge in [0.15, 0.2) is 0 Å². The maximum Gasteiger partial charge on any atom is 0.224 e. The number of hydrogen-bond donors (Lipinski definition) is 0. The molecular formula is C14H15ClN4. The maximum atomic E-state index is 5.87. The molecule has 2 aromatic rings. The number of halogens is 1. The maximum absolute atomic E-state index is 5.87. The molecule has 1 saturated heterocycles. The normalized spacial score (nSPS) is 18.8. The Kier molecular flexibility index (Phi) is 3.60. The lowest BCUT2D eigenvalue weighted by Crippen LogP contribution is -2.32. The van der Waals surface area contributed by atoms with Crippen molar-refractivity contribution in [3.63, 3.8) is 0 Å². The molecule has 1 unspecified atom stereocenters. The molecule has 1 fully saturated rings. The minimum Gasteiger partial charge on any atom is -0.353 e. The van der Waals surface area contributed by atoms with E-state index >= 15 is 0 Å². The number of anilines is 1. The average Bonchev–Trinajstić information content (AvgIpc) is 2.88. The predicted molar refractivity (Wildman–Crippen MR) is 75.4 cm³/mol. The van der Waals surface area contributed by atoms with Crippen molar-refractivity contribution in [2.24, 2.45) is 0 Å². The van der Waals surface area contributed by atoms with Crippen LogP contribution in [0.1, 0.15) is 18.5 Å². The van der Waals surface area contributed by atoms with Crippen molar-refractivity contribution in [2.75, 3.05) is 11.4 Å². The van der Waals surface area contributed by atoms with Crippen LogP contribution in [-0.4, -0.2) is 27.5 Å². The molecule has 5 heteroatoms. The summed E-state index contributed by atoms with van der Waals surface area (Å²) in [6, 6.07) is 8.41. The lowest BCUT2D eigenvalue weighted by molar-refractivity contribution is 0.647. The lowest BCUT2D eigenvalue weighted by atomic mass is 10.1. The molecule has 19 heavy (non-hydrogen) atoms. The first-order valence-corrected chi connectivity index (χ1v) is 6.86. The zero-order valence-corrected chi connectivity index (χ0v) is 11.3. The van der Waals surface area contributed by atoms with Gasteiger partial charge in [-0.25, -0.2) is 9.97 Å². The van der Waals surface area contributed by atoms with Crippen LogP contribution >= 0.6 is 11.6 Å². The van der Waals surface area contributed by atoms with E-state index in [0.717, 1.165) is 30.9 Å². The van der Waals surface area contributed by atoms with E-state index in [1.165, 1.54) is 6.42 Å². The summed E-state index contributed by atoms with van der Waals surface area (Å²) in [5, 5.41) is 0.306. The van der Waals surface area contributed by atoms with Crippen LogP contribution in [-0.2, 0) is 6.42 Å². The molecule has 1 aliphatic rings. The van der Waals surface area contributed by atoms with Gasteiger partial charge in [-0.1, -0.05) is 6.07 Å². The van der Waals surface area contributed by atoms with Crippen molar-refractivity contribution in [3.8, 4) is 0 Å². The second kappa shape index (κ2) is 5.53. The first-order valence-electron chi connectivity index (χ1n) is 6.48. The van der Waals surface area contributed by atoms with Gasteiger partial charge < -0.3 is 4.90 Å². The summed E-state index contributed by atoms with van der Waals surface area (Å²) in [6.45, 7) is 1.02. The first kappa shape index (κ1) is 12.4. The average molecular weight is 275 g/mol. The Labute approximate surface area is 117 Å². The molecule has 0 amide bonds. The molecule has 0 radical (unpaired) electrons. The fraction of sp³-hybridized carbons (Fsp3) is 0.357. The van der Waals surface area contributed by atoms with Gasteiger partial charge in [-0.2, -0.15) is 0 Å². The van der Waals surface area contributed by atoms with Crippen molar-refractivity contribution in [2.45, 2.75) is 25.3 Å². The van der Waals surface area contributed by atoms with E-state index in [1.54, 1.807) is 6.20 Å². The molecule has 0 bridgehead atoms. The SMILES string of the molecule is Clc1nccc(N2CCCC2Cc2ccccn2)n1. The number of rotatable bonds is 3. The molecular weight excluding hydrogens is 260 g/mol. The molecule has 3 rings (SSSR count). The van der Waals surface area contributed by atoms with Crippen molar-refractivity contribution in [1.82, 2.24) is 15.0 Å². The molecule has 1 atom stereocenters. The van der Waals surface area contributed by atoms with E-state index in [4.69, 9.17) is 11.6 Å². The highest BCUT2D eigenvalue weighted by Gasteiger charge is 2.26. The van der Waals surface area contributed by atoms with E-state index in [2.05, 4.69) is 25.9 Å². The molecule has 1 aliphatic heterocycles. The van der Waals surface area contributed by atoms with Gasteiger partial charge in [-0.3, -0.25) is 4.98 Å². The molecule has 0 saturated carbocycles. The van der Waals surface area contributed by atoms with Gasteiger partial charge in [0.05, 0.1) is 0 Å².